The maximum absolute atomic E-state index is 13.9. The Balaban J connectivity index is 1.51. The SMILES string of the molecule is Cc1ccc(CC(C)(C)NC[C@@H](O)COC(C)c2ccccc2OCc2ccc(C(=O)O)cc2C)cc1F. The number of carbonyl (C=O) groups is 1. The largest absolute Gasteiger partial charge is 0.489 e. The Morgan fingerprint density at radius 2 is 1.79 bits per heavy atom. The summed E-state index contributed by atoms with van der Waals surface area (Å²) in [5.74, 6) is -0.503. The van der Waals surface area contributed by atoms with E-state index in [1.165, 1.54) is 0 Å². The number of rotatable bonds is 13. The Morgan fingerprint density at radius 1 is 1.05 bits per heavy atom. The van der Waals surface area contributed by atoms with E-state index in [-0.39, 0.29) is 29.6 Å². The topological polar surface area (TPSA) is 88.0 Å². The third-order valence-corrected chi connectivity index (χ3v) is 6.57. The molecular weight excluding hydrogens is 485 g/mol. The van der Waals surface area contributed by atoms with E-state index in [2.05, 4.69) is 5.32 Å². The summed E-state index contributed by atoms with van der Waals surface area (Å²) >= 11 is 0. The van der Waals surface area contributed by atoms with Gasteiger partial charge in [0.05, 0.1) is 24.4 Å². The zero-order chi connectivity index (χ0) is 27.9. The molecule has 0 aliphatic heterocycles. The molecule has 0 aromatic heterocycles. The number of aliphatic hydroxyl groups is 1. The molecule has 3 aromatic carbocycles. The number of aromatic carboxylic acids is 1. The van der Waals surface area contributed by atoms with Gasteiger partial charge in [0.2, 0.25) is 0 Å². The van der Waals surface area contributed by atoms with E-state index in [0.29, 0.717) is 30.9 Å². The molecule has 6 nitrogen and oxygen atoms in total. The van der Waals surface area contributed by atoms with Gasteiger partial charge in [-0.1, -0.05) is 36.4 Å². The number of benzene rings is 3. The number of para-hydroxylation sites is 1. The van der Waals surface area contributed by atoms with Crippen molar-refractivity contribution in [3.63, 3.8) is 0 Å². The summed E-state index contributed by atoms with van der Waals surface area (Å²) in [6.07, 6.45) is -0.424. The summed E-state index contributed by atoms with van der Waals surface area (Å²) in [4.78, 5) is 11.2. The third-order valence-electron chi connectivity index (χ3n) is 6.57. The summed E-state index contributed by atoms with van der Waals surface area (Å²) in [5, 5.41) is 23.1. The molecule has 1 unspecified atom stereocenters. The Kier molecular flexibility index (Phi) is 10.0. The van der Waals surface area contributed by atoms with Crippen LogP contribution in [0.1, 0.15) is 65.1 Å². The monoisotopic (exact) mass is 523 g/mol. The van der Waals surface area contributed by atoms with Gasteiger partial charge in [0.15, 0.2) is 0 Å². The highest BCUT2D eigenvalue weighted by Crippen LogP contribution is 2.28. The third kappa shape index (κ3) is 8.38. The molecule has 0 aliphatic rings. The van der Waals surface area contributed by atoms with Crippen LogP contribution < -0.4 is 10.1 Å². The molecule has 204 valence electrons. The lowest BCUT2D eigenvalue weighted by atomic mass is 9.94. The van der Waals surface area contributed by atoms with Crippen LogP contribution in [0.15, 0.2) is 60.7 Å². The van der Waals surface area contributed by atoms with Gasteiger partial charge in [-0.25, -0.2) is 9.18 Å². The molecule has 0 saturated carbocycles. The zero-order valence-corrected chi connectivity index (χ0v) is 22.8. The van der Waals surface area contributed by atoms with Gasteiger partial charge in [0.25, 0.3) is 0 Å². The Labute approximate surface area is 224 Å². The van der Waals surface area contributed by atoms with Crippen LogP contribution in [0.5, 0.6) is 5.75 Å². The number of hydrogen-bond acceptors (Lipinski definition) is 5. The van der Waals surface area contributed by atoms with Crippen LogP contribution in [0.3, 0.4) is 0 Å². The predicted molar refractivity (Wildman–Crippen MR) is 146 cm³/mol. The van der Waals surface area contributed by atoms with Crippen LogP contribution in [0.4, 0.5) is 4.39 Å². The van der Waals surface area contributed by atoms with Gasteiger partial charge in [-0.3, -0.25) is 0 Å². The minimum Gasteiger partial charge on any atom is -0.489 e. The first-order valence-corrected chi connectivity index (χ1v) is 12.8. The lowest BCUT2D eigenvalue weighted by molar-refractivity contribution is -0.00520. The quantitative estimate of drug-likeness (QED) is 0.264. The fourth-order valence-electron chi connectivity index (χ4n) is 4.21. The average molecular weight is 524 g/mol. The van der Waals surface area contributed by atoms with Gasteiger partial charge in [0.1, 0.15) is 18.2 Å². The summed E-state index contributed by atoms with van der Waals surface area (Å²) in [6, 6.07) is 17.8. The Hall–Kier alpha value is -3.26. The number of aliphatic hydroxyl groups excluding tert-OH is 1. The number of nitrogens with one attached hydrogen (secondary N) is 1. The Morgan fingerprint density at radius 3 is 2.47 bits per heavy atom. The van der Waals surface area contributed by atoms with E-state index < -0.39 is 12.1 Å². The predicted octanol–water partition coefficient (Wildman–Crippen LogP) is 5.77. The molecule has 0 aliphatic carbocycles. The van der Waals surface area contributed by atoms with E-state index in [4.69, 9.17) is 14.6 Å². The van der Waals surface area contributed by atoms with Crippen molar-refractivity contribution in [3.05, 3.63) is 99.9 Å². The molecule has 3 N–H and O–H groups in total. The van der Waals surface area contributed by atoms with Crippen LogP contribution in [0, 0.1) is 19.7 Å². The van der Waals surface area contributed by atoms with Crippen molar-refractivity contribution in [1.82, 2.24) is 5.32 Å². The number of carboxylic acids is 1. The van der Waals surface area contributed by atoms with E-state index in [1.54, 1.807) is 37.3 Å². The first kappa shape index (κ1) is 29.3. The first-order valence-electron chi connectivity index (χ1n) is 12.8. The smallest absolute Gasteiger partial charge is 0.335 e. The molecule has 7 heteroatoms. The molecule has 2 atom stereocenters. The second kappa shape index (κ2) is 13.0. The molecule has 0 spiro atoms. The van der Waals surface area contributed by atoms with Gasteiger partial charge >= 0.3 is 5.97 Å². The van der Waals surface area contributed by atoms with Crippen LogP contribution >= 0.6 is 0 Å². The molecule has 0 radical (unpaired) electrons. The fraction of sp³-hybridized carbons (Fsp3) is 0.387. The first-order chi connectivity index (χ1) is 17.9. The fourth-order valence-corrected chi connectivity index (χ4v) is 4.21. The molecule has 3 aromatic rings. The molecule has 0 amide bonds. The molecule has 0 saturated heterocycles. The highest BCUT2D eigenvalue weighted by atomic mass is 19.1. The second-order valence-corrected chi connectivity index (χ2v) is 10.4. The Bertz CT molecular complexity index is 1240. The van der Waals surface area contributed by atoms with Crippen LogP contribution in [-0.2, 0) is 17.8 Å². The molecule has 0 fully saturated rings. The van der Waals surface area contributed by atoms with Crippen LogP contribution in [-0.4, -0.2) is 41.0 Å². The zero-order valence-electron chi connectivity index (χ0n) is 22.8. The summed E-state index contributed by atoms with van der Waals surface area (Å²) in [7, 11) is 0. The van der Waals surface area contributed by atoms with Crippen LogP contribution in [0.2, 0.25) is 0 Å². The molecule has 0 heterocycles. The number of aryl methyl sites for hydroxylation is 2. The highest BCUT2D eigenvalue weighted by molar-refractivity contribution is 5.87. The highest BCUT2D eigenvalue weighted by Gasteiger charge is 2.21. The van der Waals surface area contributed by atoms with Crippen LogP contribution in [0.25, 0.3) is 0 Å². The number of hydrogen-bond donors (Lipinski definition) is 3. The van der Waals surface area contributed by atoms with Gasteiger partial charge < -0.3 is 25.0 Å². The van der Waals surface area contributed by atoms with Crippen molar-refractivity contribution < 1.29 is 28.9 Å². The minimum absolute atomic E-state index is 0.132. The maximum atomic E-state index is 13.9. The lowest BCUT2D eigenvalue weighted by Gasteiger charge is -2.28. The molecular formula is C31H38FNO5. The molecule has 38 heavy (non-hydrogen) atoms. The summed E-state index contributed by atoms with van der Waals surface area (Å²) in [6.45, 7) is 10.3. The normalized spacial score (nSPS) is 13.2. The number of ether oxygens (including phenoxy) is 2. The van der Waals surface area contributed by atoms with Crippen molar-refractivity contribution in [2.24, 2.45) is 0 Å². The van der Waals surface area contributed by atoms with E-state index in [0.717, 1.165) is 22.3 Å². The second-order valence-electron chi connectivity index (χ2n) is 10.4. The minimum atomic E-state index is -0.959. The van der Waals surface area contributed by atoms with Gasteiger partial charge in [-0.15, -0.1) is 0 Å². The van der Waals surface area contributed by atoms with Crippen molar-refractivity contribution >= 4 is 5.97 Å². The van der Waals surface area contributed by atoms with Gasteiger partial charge in [0, 0.05) is 17.6 Å². The summed E-state index contributed by atoms with van der Waals surface area (Å²) in [5.41, 5.74) is 4.03. The van der Waals surface area contributed by atoms with Crippen molar-refractivity contribution in [2.45, 2.75) is 65.4 Å². The summed E-state index contributed by atoms with van der Waals surface area (Å²) < 4.78 is 25.9. The van der Waals surface area contributed by atoms with Gasteiger partial charge in [-0.2, -0.15) is 0 Å². The number of β-amino-alcohol motifs (C(OH)–C–C–N with tert-alkyl or cyclic N) is 1. The van der Waals surface area contributed by atoms with Crippen molar-refractivity contribution in [1.29, 1.82) is 0 Å². The molecule has 3 rings (SSSR count). The van der Waals surface area contributed by atoms with E-state index in [1.807, 2.05) is 58.0 Å². The number of carboxylic acid groups (broad SMARTS) is 1. The van der Waals surface area contributed by atoms with Crippen molar-refractivity contribution in [3.8, 4) is 5.75 Å². The number of halogens is 1. The lowest BCUT2D eigenvalue weighted by Crippen LogP contribution is -2.46. The van der Waals surface area contributed by atoms with E-state index >= 15 is 0 Å². The molecule has 0 bridgehead atoms. The van der Waals surface area contributed by atoms with Crippen molar-refractivity contribution in [2.75, 3.05) is 13.2 Å². The average Bonchev–Trinajstić information content (AvgIpc) is 2.87. The standard InChI is InChI=1S/C31H38FNO5/c1-20-10-11-23(15-28(20)32)16-31(4,5)33-17-26(34)19-37-22(3)27-8-6-7-9-29(27)38-18-25-13-12-24(30(35)36)14-21(25)2/h6-15,22,26,33-34H,16-19H2,1-5H3,(H,35,36)/t22?,26-/m1/s1. The van der Waals surface area contributed by atoms with E-state index in [9.17, 15) is 14.3 Å². The maximum Gasteiger partial charge on any atom is 0.335 e. The van der Waals surface area contributed by atoms with Gasteiger partial charge in [-0.05, 0) is 87.6 Å².